The summed E-state index contributed by atoms with van der Waals surface area (Å²) in [6.07, 6.45) is -1.56. The average Bonchev–Trinajstić information content (AvgIpc) is 3.31. The summed E-state index contributed by atoms with van der Waals surface area (Å²) in [5.74, 6) is -2.09. The molecule has 0 radical (unpaired) electrons. The maximum atomic E-state index is 13.4. The fraction of sp³-hybridized carbons (Fsp3) is 0.364. The van der Waals surface area contributed by atoms with E-state index in [-0.39, 0.29) is 25.6 Å². The summed E-state index contributed by atoms with van der Waals surface area (Å²) in [4.78, 5) is 38.5. The molecule has 3 aromatic rings. The maximum absolute atomic E-state index is 13.4. The minimum atomic E-state index is -1.35. The largest absolute Gasteiger partial charge is 0.480 e. The highest BCUT2D eigenvalue weighted by Gasteiger charge is 2.35. The highest BCUT2D eigenvalue weighted by molar-refractivity contribution is 5.89. The first kappa shape index (κ1) is 30.7. The lowest BCUT2D eigenvalue weighted by Crippen LogP contribution is -2.56. The van der Waals surface area contributed by atoms with Crippen molar-refractivity contribution in [3.05, 3.63) is 95.6 Å². The molecule has 222 valence electrons. The number of carbonyl (C=O) groups is 3. The van der Waals surface area contributed by atoms with Gasteiger partial charge >= 0.3 is 12.1 Å². The zero-order chi connectivity index (χ0) is 30.3. The SMILES string of the molecule is COC(C)(C)CC(NC(=O)OCC1c2ccccc2-c2ccccc21)C(=O)N[C@H](C(=O)O)[C@@H](C)OCc1ccccc1. The topological polar surface area (TPSA) is 123 Å². The molecule has 9 nitrogen and oxygen atoms in total. The normalized spacial score (nSPS) is 14.7. The number of ether oxygens (including phenoxy) is 3. The number of carboxylic acid groups (broad SMARTS) is 1. The average molecular weight is 575 g/mol. The van der Waals surface area contributed by atoms with E-state index >= 15 is 0 Å². The number of nitrogens with one attached hydrogen (secondary N) is 2. The molecular weight excluding hydrogens is 536 g/mol. The Morgan fingerprint density at radius 2 is 1.45 bits per heavy atom. The number of methoxy groups -OCH3 is 1. The lowest BCUT2D eigenvalue weighted by Gasteiger charge is -2.30. The van der Waals surface area contributed by atoms with Gasteiger partial charge in [0.25, 0.3) is 0 Å². The number of rotatable bonds is 13. The number of alkyl carbamates (subject to hydrolysis) is 1. The molecule has 0 saturated carbocycles. The predicted molar refractivity (Wildman–Crippen MR) is 158 cm³/mol. The van der Waals surface area contributed by atoms with Crippen LogP contribution in [-0.4, -0.2) is 60.6 Å². The zero-order valence-electron chi connectivity index (χ0n) is 24.3. The fourth-order valence-corrected chi connectivity index (χ4v) is 5.10. The van der Waals surface area contributed by atoms with Gasteiger partial charge in [0, 0.05) is 19.4 Å². The summed E-state index contributed by atoms with van der Waals surface area (Å²) < 4.78 is 16.9. The fourth-order valence-electron chi connectivity index (χ4n) is 5.10. The lowest BCUT2D eigenvalue weighted by atomic mass is 9.97. The first-order valence-corrected chi connectivity index (χ1v) is 13.9. The summed E-state index contributed by atoms with van der Waals surface area (Å²) >= 11 is 0. The van der Waals surface area contributed by atoms with Crippen LogP contribution < -0.4 is 10.6 Å². The molecule has 3 aromatic carbocycles. The van der Waals surface area contributed by atoms with Crippen LogP contribution in [0.5, 0.6) is 0 Å². The van der Waals surface area contributed by atoms with Gasteiger partial charge in [-0.3, -0.25) is 4.79 Å². The number of hydrogen-bond acceptors (Lipinski definition) is 6. The maximum Gasteiger partial charge on any atom is 0.407 e. The van der Waals surface area contributed by atoms with Gasteiger partial charge in [-0.1, -0.05) is 78.9 Å². The van der Waals surface area contributed by atoms with Gasteiger partial charge in [0.05, 0.1) is 18.3 Å². The molecule has 1 unspecified atom stereocenters. The second kappa shape index (κ2) is 13.6. The molecule has 2 amide bonds. The van der Waals surface area contributed by atoms with Gasteiger partial charge in [0.1, 0.15) is 12.6 Å². The van der Waals surface area contributed by atoms with E-state index in [4.69, 9.17) is 14.2 Å². The standard InChI is InChI=1S/C33H38N2O7/c1-21(41-19-22-12-6-5-7-13-22)29(31(37)38)35-30(36)28(18-33(2,3)40-4)34-32(39)42-20-27-25-16-10-8-14-23(25)24-15-9-11-17-26(24)27/h5-17,21,27-29H,18-20H2,1-4H3,(H,34,39)(H,35,36)(H,37,38)/t21-,28?,29+/m1/s1. The van der Waals surface area contributed by atoms with Crippen molar-refractivity contribution in [3.63, 3.8) is 0 Å². The molecule has 0 heterocycles. The number of carbonyl (C=O) groups excluding carboxylic acids is 2. The van der Waals surface area contributed by atoms with E-state index in [1.807, 2.05) is 78.9 Å². The van der Waals surface area contributed by atoms with E-state index in [9.17, 15) is 19.5 Å². The van der Waals surface area contributed by atoms with Crippen LogP contribution in [-0.2, 0) is 30.4 Å². The Kier molecular flexibility index (Phi) is 9.98. The van der Waals surface area contributed by atoms with Crippen molar-refractivity contribution in [2.45, 2.75) is 63.5 Å². The third-order valence-corrected chi connectivity index (χ3v) is 7.59. The Labute approximate surface area is 246 Å². The van der Waals surface area contributed by atoms with E-state index in [0.717, 1.165) is 27.8 Å². The molecule has 1 aliphatic carbocycles. The van der Waals surface area contributed by atoms with E-state index < -0.39 is 41.8 Å². The highest BCUT2D eigenvalue weighted by atomic mass is 16.5. The number of benzene rings is 3. The minimum absolute atomic E-state index is 0.0734. The van der Waals surface area contributed by atoms with Crippen LogP contribution in [0.15, 0.2) is 78.9 Å². The molecule has 4 rings (SSSR count). The smallest absolute Gasteiger partial charge is 0.407 e. The first-order valence-electron chi connectivity index (χ1n) is 13.9. The van der Waals surface area contributed by atoms with Gasteiger partial charge in [-0.15, -0.1) is 0 Å². The van der Waals surface area contributed by atoms with E-state index in [2.05, 4.69) is 10.6 Å². The quantitative estimate of drug-likeness (QED) is 0.266. The Morgan fingerprint density at radius 1 is 0.881 bits per heavy atom. The lowest BCUT2D eigenvalue weighted by molar-refractivity contribution is -0.147. The minimum Gasteiger partial charge on any atom is -0.480 e. The van der Waals surface area contributed by atoms with Gasteiger partial charge in [0.2, 0.25) is 5.91 Å². The second-order valence-corrected chi connectivity index (χ2v) is 11.0. The number of fused-ring (bicyclic) bond motifs is 3. The Bertz CT molecular complexity index is 1350. The van der Waals surface area contributed by atoms with Crippen LogP contribution in [0.3, 0.4) is 0 Å². The number of hydrogen-bond donors (Lipinski definition) is 3. The van der Waals surface area contributed by atoms with E-state index in [0.29, 0.717) is 0 Å². The summed E-state index contributed by atoms with van der Waals surface area (Å²) in [5.41, 5.74) is 4.41. The van der Waals surface area contributed by atoms with Gasteiger partial charge in [-0.2, -0.15) is 0 Å². The monoisotopic (exact) mass is 574 g/mol. The van der Waals surface area contributed by atoms with E-state index in [1.54, 1.807) is 20.8 Å². The number of aliphatic carboxylic acids is 1. The molecule has 1 aliphatic rings. The molecular formula is C33H38N2O7. The molecule has 0 bridgehead atoms. The van der Waals surface area contributed by atoms with Crippen molar-refractivity contribution in [2.75, 3.05) is 13.7 Å². The first-order chi connectivity index (χ1) is 20.1. The molecule has 9 heteroatoms. The second-order valence-electron chi connectivity index (χ2n) is 11.0. The summed E-state index contributed by atoms with van der Waals surface area (Å²) in [7, 11) is 1.50. The Hall–Kier alpha value is -4.21. The van der Waals surface area contributed by atoms with Crippen molar-refractivity contribution in [3.8, 4) is 11.1 Å². The number of carboxylic acids is 1. The van der Waals surface area contributed by atoms with Crippen molar-refractivity contribution in [2.24, 2.45) is 0 Å². The van der Waals surface area contributed by atoms with Crippen molar-refractivity contribution in [1.82, 2.24) is 10.6 Å². The van der Waals surface area contributed by atoms with Crippen LogP contribution >= 0.6 is 0 Å². The molecule has 3 N–H and O–H groups in total. The zero-order valence-corrected chi connectivity index (χ0v) is 24.3. The van der Waals surface area contributed by atoms with Crippen molar-refractivity contribution >= 4 is 18.0 Å². The molecule has 0 aromatic heterocycles. The van der Waals surface area contributed by atoms with E-state index in [1.165, 1.54) is 7.11 Å². The number of amides is 2. The van der Waals surface area contributed by atoms with Crippen molar-refractivity contribution in [1.29, 1.82) is 0 Å². The molecule has 3 atom stereocenters. The summed E-state index contributed by atoms with van der Waals surface area (Å²) in [5, 5.41) is 15.0. The van der Waals surface area contributed by atoms with Crippen LogP contribution in [0.25, 0.3) is 11.1 Å². The Morgan fingerprint density at radius 3 is 2.02 bits per heavy atom. The van der Waals surface area contributed by atoms with Gasteiger partial charge in [-0.25, -0.2) is 9.59 Å². The van der Waals surface area contributed by atoms with Crippen LogP contribution in [0.4, 0.5) is 4.79 Å². The third-order valence-electron chi connectivity index (χ3n) is 7.59. The molecule has 0 saturated heterocycles. The predicted octanol–water partition coefficient (Wildman–Crippen LogP) is 4.88. The van der Waals surface area contributed by atoms with Gasteiger partial charge < -0.3 is 30.0 Å². The van der Waals surface area contributed by atoms with Crippen LogP contribution in [0.2, 0.25) is 0 Å². The third kappa shape index (κ3) is 7.54. The summed E-state index contributed by atoms with van der Waals surface area (Å²) in [6.45, 7) is 5.37. The summed E-state index contributed by atoms with van der Waals surface area (Å²) in [6, 6.07) is 22.8. The van der Waals surface area contributed by atoms with Gasteiger partial charge in [0.15, 0.2) is 6.04 Å². The van der Waals surface area contributed by atoms with Crippen LogP contribution in [0.1, 0.15) is 49.8 Å². The molecule has 0 aliphatic heterocycles. The Balaban J connectivity index is 1.42. The van der Waals surface area contributed by atoms with Crippen molar-refractivity contribution < 1.29 is 33.7 Å². The molecule has 42 heavy (non-hydrogen) atoms. The van der Waals surface area contributed by atoms with Gasteiger partial charge in [-0.05, 0) is 48.6 Å². The highest BCUT2D eigenvalue weighted by Crippen LogP contribution is 2.44. The molecule has 0 spiro atoms. The van der Waals surface area contributed by atoms with Crippen LogP contribution in [0, 0.1) is 0 Å². The molecule has 0 fully saturated rings.